The van der Waals surface area contributed by atoms with E-state index in [0.29, 0.717) is 14.6 Å². The summed E-state index contributed by atoms with van der Waals surface area (Å²) in [5.41, 5.74) is 0.399. The van der Waals surface area contributed by atoms with Crippen LogP contribution in [0.2, 0.25) is 5.15 Å². The molecule has 0 bridgehead atoms. The van der Waals surface area contributed by atoms with Gasteiger partial charge in [-0.1, -0.05) is 11.6 Å². The highest BCUT2D eigenvalue weighted by molar-refractivity contribution is 9.11. The monoisotopic (exact) mass is 433 g/mol. The Bertz CT molecular complexity index is 740. The minimum absolute atomic E-state index is 0.163. The van der Waals surface area contributed by atoms with Crippen LogP contribution in [0.5, 0.6) is 0 Å². The van der Waals surface area contributed by atoms with E-state index in [4.69, 9.17) is 11.6 Å². The number of nitrogens with one attached hydrogen (secondary N) is 1. The third kappa shape index (κ3) is 3.78. The molecule has 2 aromatic rings. The average Bonchev–Trinajstić information content (AvgIpc) is 2.43. The van der Waals surface area contributed by atoms with E-state index in [-0.39, 0.29) is 16.4 Å². The molecule has 0 aliphatic carbocycles. The maximum atomic E-state index is 12.1. The van der Waals surface area contributed by atoms with Crippen molar-refractivity contribution in [2.75, 3.05) is 5.32 Å². The number of pyridine rings is 1. The number of halogens is 3. The summed E-state index contributed by atoms with van der Waals surface area (Å²) in [5.74, 6) is -0.485. The molecule has 0 atom stereocenters. The Balaban J connectivity index is 2.26. The number of nitro benzene ring substituents is 1. The van der Waals surface area contributed by atoms with Crippen LogP contribution in [0.4, 0.5) is 11.4 Å². The predicted molar refractivity (Wildman–Crippen MR) is 85.7 cm³/mol. The van der Waals surface area contributed by atoms with E-state index in [9.17, 15) is 14.9 Å². The number of rotatable bonds is 3. The SMILES string of the molecule is O=C(Nc1cnc(Cl)c(Br)c1)c1ccc(Br)c([N+](=O)[O-])c1. The fourth-order valence-corrected chi connectivity index (χ4v) is 2.33. The molecule has 0 unspecified atom stereocenters. The van der Waals surface area contributed by atoms with Crippen LogP contribution in [0, 0.1) is 10.1 Å². The lowest BCUT2D eigenvalue weighted by molar-refractivity contribution is -0.385. The molecular formula is C12H6Br2ClN3O3. The molecule has 0 aliphatic heterocycles. The van der Waals surface area contributed by atoms with E-state index in [1.165, 1.54) is 24.4 Å². The summed E-state index contributed by atoms with van der Waals surface area (Å²) in [5, 5.41) is 13.7. The first kappa shape index (κ1) is 15.9. The summed E-state index contributed by atoms with van der Waals surface area (Å²) >= 11 is 12.0. The van der Waals surface area contributed by atoms with Gasteiger partial charge in [-0.05, 0) is 50.1 Å². The Morgan fingerprint density at radius 3 is 2.62 bits per heavy atom. The molecule has 21 heavy (non-hydrogen) atoms. The Morgan fingerprint density at radius 1 is 1.29 bits per heavy atom. The zero-order valence-corrected chi connectivity index (χ0v) is 14.1. The molecule has 1 aromatic carbocycles. The van der Waals surface area contributed by atoms with Crippen molar-refractivity contribution in [3.05, 3.63) is 60.2 Å². The van der Waals surface area contributed by atoms with Gasteiger partial charge in [0, 0.05) is 11.6 Å². The standard InChI is InChI=1S/C12H6Br2ClN3O3/c13-8-2-1-6(3-10(8)18(20)21)12(19)17-7-4-9(14)11(15)16-5-7/h1-5H,(H,17,19). The number of carbonyl (C=O) groups excluding carboxylic acids is 1. The molecule has 0 saturated carbocycles. The van der Waals surface area contributed by atoms with Gasteiger partial charge in [-0.2, -0.15) is 0 Å². The largest absolute Gasteiger partial charge is 0.321 e. The van der Waals surface area contributed by atoms with E-state index in [2.05, 4.69) is 42.2 Å². The highest BCUT2D eigenvalue weighted by atomic mass is 79.9. The van der Waals surface area contributed by atoms with Crippen molar-refractivity contribution in [3.8, 4) is 0 Å². The Kier molecular flexibility index (Phi) is 4.92. The van der Waals surface area contributed by atoms with Crippen molar-refractivity contribution in [1.29, 1.82) is 0 Å². The molecule has 1 heterocycles. The molecule has 0 saturated heterocycles. The number of nitro groups is 1. The normalized spacial score (nSPS) is 10.2. The molecule has 0 spiro atoms. The van der Waals surface area contributed by atoms with Gasteiger partial charge in [-0.25, -0.2) is 4.98 Å². The number of nitrogens with zero attached hydrogens (tertiary/aromatic N) is 2. The third-order valence-electron chi connectivity index (χ3n) is 2.46. The highest BCUT2D eigenvalue weighted by Crippen LogP contribution is 2.27. The summed E-state index contributed by atoms with van der Waals surface area (Å²) in [7, 11) is 0. The van der Waals surface area contributed by atoms with Gasteiger partial charge in [0.1, 0.15) is 5.15 Å². The molecule has 6 nitrogen and oxygen atoms in total. The summed E-state index contributed by atoms with van der Waals surface area (Å²) < 4.78 is 0.837. The molecule has 1 amide bonds. The van der Waals surface area contributed by atoms with Gasteiger partial charge in [0.15, 0.2) is 0 Å². The molecule has 108 valence electrons. The van der Waals surface area contributed by atoms with Crippen molar-refractivity contribution < 1.29 is 9.72 Å². The minimum Gasteiger partial charge on any atom is -0.321 e. The second-order valence-corrected chi connectivity index (χ2v) is 5.94. The Labute approximate surface area is 140 Å². The maximum absolute atomic E-state index is 12.1. The first-order valence-electron chi connectivity index (χ1n) is 5.45. The van der Waals surface area contributed by atoms with E-state index in [1.54, 1.807) is 6.07 Å². The smallest absolute Gasteiger partial charge is 0.284 e. The number of hydrogen-bond donors (Lipinski definition) is 1. The zero-order chi connectivity index (χ0) is 15.6. The second-order valence-electron chi connectivity index (χ2n) is 3.87. The molecule has 9 heteroatoms. The fourth-order valence-electron chi connectivity index (χ4n) is 1.49. The molecule has 1 N–H and O–H groups in total. The van der Waals surface area contributed by atoms with Gasteiger partial charge in [0.2, 0.25) is 0 Å². The van der Waals surface area contributed by atoms with Crippen LogP contribution in [0.1, 0.15) is 10.4 Å². The predicted octanol–water partition coefficient (Wildman–Crippen LogP) is 4.42. The lowest BCUT2D eigenvalue weighted by Crippen LogP contribution is -2.12. The second kappa shape index (κ2) is 6.50. The topological polar surface area (TPSA) is 85.1 Å². The van der Waals surface area contributed by atoms with Gasteiger partial charge in [0.05, 0.1) is 25.8 Å². The van der Waals surface area contributed by atoms with Crippen molar-refractivity contribution in [2.24, 2.45) is 0 Å². The van der Waals surface area contributed by atoms with Crippen LogP contribution in [-0.2, 0) is 0 Å². The molecular weight excluding hydrogens is 429 g/mol. The average molecular weight is 435 g/mol. The van der Waals surface area contributed by atoms with Crippen LogP contribution < -0.4 is 5.32 Å². The molecule has 0 fully saturated rings. The summed E-state index contributed by atoms with van der Waals surface area (Å²) in [6, 6.07) is 5.70. The zero-order valence-electron chi connectivity index (χ0n) is 10.1. The molecule has 2 rings (SSSR count). The lowest BCUT2D eigenvalue weighted by atomic mass is 10.2. The number of carbonyl (C=O) groups is 1. The van der Waals surface area contributed by atoms with Gasteiger partial charge in [-0.15, -0.1) is 0 Å². The van der Waals surface area contributed by atoms with Crippen molar-refractivity contribution in [3.63, 3.8) is 0 Å². The summed E-state index contributed by atoms with van der Waals surface area (Å²) in [6.07, 6.45) is 1.39. The van der Waals surface area contributed by atoms with Gasteiger partial charge < -0.3 is 5.32 Å². The summed E-state index contributed by atoms with van der Waals surface area (Å²) in [4.78, 5) is 26.2. The molecule has 0 aliphatic rings. The fraction of sp³-hybridized carbons (Fsp3) is 0. The number of benzene rings is 1. The van der Waals surface area contributed by atoms with E-state index in [1.807, 2.05) is 0 Å². The van der Waals surface area contributed by atoms with Crippen LogP contribution in [0.15, 0.2) is 39.4 Å². The minimum atomic E-state index is -0.568. The van der Waals surface area contributed by atoms with E-state index >= 15 is 0 Å². The van der Waals surface area contributed by atoms with Gasteiger partial charge >= 0.3 is 0 Å². The third-order valence-corrected chi connectivity index (χ3v) is 4.26. The van der Waals surface area contributed by atoms with Crippen molar-refractivity contribution in [1.82, 2.24) is 4.98 Å². The first-order chi connectivity index (χ1) is 9.88. The number of anilines is 1. The number of hydrogen-bond acceptors (Lipinski definition) is 4. The highest BCUT2D eigenvalue weighted by Gasteiger charge is 2.16. The van der Waals surface area contributed by atoms with Crippen LogP contribution in [-0.4, -0.2) is 15.8 Å². The molecule has 1 aromatic heterocycles. The van der Waals surface area contributed by atoms with Crippen LogP contribution >= 0.6 is 43.5 Å². The van der Waals surface area contributed by atoms with Crippen molar-refractivity contribution >= 4 is 60.7 Å². The first-order valence-corrected chi connectivity index (χ1v) is 7.41. The quantitative estimate of drug-likeness (QED) is 0.439. The number of aromatic nitrogens is 1. The number of amides is 1. The Morgan fingerprint density at radius 2 is 2.00 bits per heavy atom. The van der Waals surface area contributed by atoms with Gasteiger partial charge in [-0.3, -0.25) is 14.9 Å². The summed E-state index contributed by atoms with van der Waals surface area (Å²) in [6.45, 7) is 0. The van der Waals surface area contributed by atoms with Crippen LogP contribution in [0.3, 0.4) is 0 Å². The van der Waals surface area contributed by atoms with Crippen LogP contribution in [0.25, 0.3) is 0 Å². The molecule has 0 radical (unpaired) electrons. The Hall–Kier alpha value is -1.51. The van der Waals surface area contributed by atoms with Crippen molar-refractivity contribution in [2.45, 2.75) is 0 Å². The maximum Gasteiger partial charge on any atom is 0.284 e. The van der Waals surface area contributed by atoms with E-state index < -0.39 is 10.8 Å². The lowest BCUT2D eigenvalue weighted by Gasteiger charge is -2.06. The van der Waals surface area contributed by atoms with E-state index in [0.717, 1.165) is 0 Å². The van der Waals surface area contributed by atoms with Gasteiger partial charge in [0.25, 0.3) is 11.6 Å².